The minimum absolute atomic E-state index is 0. The zero-order valence-electron chi connectivity index (χ0n) is 13.6. The van der Waals surface area contributed by atoms with Crippen LogP contribution >= 0.6 is 23.7 Å². The number of rotatable bonds is 3. The van der Waals surface area contributed by atoms with Crippen molar-refractivity contribution in [1.82, 2.24) is 4.98 Å². The lowest BCUT2D eigenvalue weighted by molar-refractivity contribution is -0.117. The number of nitrogens with one attached hydrogen (secondary N) is 1. The zero-order valence-corrected chi connectivity index (χ0v) is 15.2. The van der Waals surface area contributed by atoms with E-state index in [1.54, 1.807) is 0 Å². The molecule has 5 nitrogen and oxygen atoms in total. The molecule has 0 aliphatic heterocycles. The van der Waals surface area contributed by atoms with Crippen molar-refractivity contribution in [2.45, 2.75) is 58.4 Å². The summed E-state index contributed by atoms with van der Waals surface area (Å²) in [7, 11) is 0. The summed E-state index contributed by atoms with van der Waals surface area (Å²) in [5, 5.41) is 3.40. The van der Waals surface area contributed by atoms with Gasteiger partial charge in [0.2, 0.25) is 5.91 Å². The summed E-state index contributed by atoms with van der Waals surface area (Å²) in [5.41, 5.74) is 6.80. The lowest BCUT2D eigenvalue weighted by Crippen LogP contribution is -2.28. The highest BCUT2D eigenvalue weighted by Gasteiger charge is 2.34. The van der Waals surface area contributed by atoms with Gasteiger partial charge < -0.3 is 11.1 Å². The average Bonchev–Trinajstić information content (AvgIpc) is 2.95. The fraction of sp³-hybridized carbons (Fsp3) is 0.688. The highest BCUT2D eigenvalue weighted by atomic mass is 35.5. The Bertz CT molecular complexity index is 614. The van der Waals surface area contributed by atoms with Gasteiger partial charge in [-0.25, -0.2) is 4.98 Å². The highest BCUT2D eigenvalue weighted by molar-refractivity contribution is 7.17. The SMILES string of the molecule is CC1(C)CC(=O)c2sc(NC(=O)C[C@@H]3CCC[C@H]3N)nc2C1.Cl. The molecule has 0 radical (unpaired) electrons. The third-order valence-electron chi connectivity index (χ3n) is 4.65. The third-order valence-corrected chi connectivity index (χ3v) is 5.70. The van der Waals surface area contributed by atoms with E-state index in [1.165, 1.54) is 11.3 Å². The molecule has 0 spiro atoms. The van der Waals surface area contributed by atoms with Gasteiger partial charge in [0.15, 0.2) is 10.9 Å². The first-order valence-electron chi connectivity index (χ1n) is 7.92. The Balaban J connectivity index is 0.00000192. The average molecular weight is 358 g/mol. The standard InChI is InChI=1S/C16H23N3O2S.ClH/c1-16(2)7-11-14(12(20)8-16)22-15(18-11)19-13(21)6-9-4-3-5-10(9)17;/h9-10H,3-8,17H2,1-2H3,(H,18,19,21);1H/t9-,10+;/m0./s1. The first-order valence-corrected chi connectivity index (χ1v) is 8.74. The van der Waals surface area contributed by atoms with Crippen LogP contribution in [0.1, 0.15) is 61.3 Å². The van der Waals surface area contributed by atoms with Gasteiger partial charge in [0.05, 0.1) is 10.6 Å². The Kier molecular flexibility index (Phi) is 5.48. The molecular formula is C16H24ClN3O2S. The smallest absolute Gasteiger partial charge is 0.226 e. The van der Waals surface area contributed by atoms with Crippen LogP contribution in [0.4, 0.5) is 5.13 Å². The molecule has 128 valence electrons. The Morgan fingerprint density at radius 3 is 2.78 bits per heavy atom. The number of ketones is 1. The lowest BCUT2D eigenvalue weighted by atomic mass is 9.78. The van der Waals surface area contributed by atoms with Crippen molar-refractivity contribution in [2.24, 2.45) is 17.1 Å². The van der Waals surface area contributed by atoms with Gasteiger partial charge in [-0.15, -0.1) is 12.4 Å². The van der Waals surface area contributed by atoms with Crippen LogP contribution in [0.15, 0.2) is 0 Å². The number of thiazole rings is 1. The summed E-state index contributed by atoms with van der Waals surface area (Å²) in [5.74, 6) is 0.373. The topological polar surface area (TPSA) is 85.1 Å². The number of aromatic nitrogens is 1. The van der Waals surface area contributed by atoms with Crippen molar-refractivity contribution >= 4 is 40.6 Å². The monoisotopic (exact) mass is 357 g/mol. The molecule has 7 heteroatoms. The molecule has 1 aromatic rings. The predicted molar refractivity (Wildman–Crippen MR) is 94.4 cm³/mol. The molecule has 1 heterocycles. The zero-order chi connectivity index (χ0) is 15.9. The van der Waals surface area contributed by atoms with Crippen LogP contribution in [0.2, 0.25) is 0 Å². The van der Waals surface area contributed by atoms with E-state index in [9.17, 15) is 9.59 Å². The van der Waals surface area contributed by atoms with Gasteiger partial charge in [0, 0.05) is 18.9 Å². The van der Waals surface area contributed by atoms with E-state index in [0.717, 1.165) is 31.4 Å². The molecule has 2 aliphatic carbocycles. The molecule has 3 rings (SSSR count). The van der Waals surface area contributed by atoms with Crippen LogP contribution < -0.4 is 11.1 Å². The fourth-order valence-electron chi connectivity index (χ4n) is 3.50. The van der Waals surface area contributed by atoms with Gasteiger partial charge >= 0.3 is 0 Å². The summed E-state index contributed by atoms with van der Waals surface area (Å²) >= 11 is 1.31. The summed E-state index contributed by atoms with van der Waals surface area (Å²) in [6.45, 7) is 4.15. The Morgan fingerprint density at radius 1 is 1.39 bits per heavy atom. The molecule has 23 heavy (non-hydrogen) atoms. The number of anilines is 1. The molecule has 1 amide bonds. The molecule has 1 fully saturated rings. The fourth-order valence-corrected chi connectivity index (χ4v) is 4.44. The molecule has 0 saturated heterocycles. The van der Waals surface area contributed by atoms with E-state index in [2.05, 4.69) is 24.1 Å². The van der Waals surface area contributed by atoms with Crippen molar-refractivity contribution in [3.05, 3.63) is 10.6 Å². The number of hydrogen-bond acceptors (Lipinski definition) is 5. The number of nitrogens with two attached hydrogens (primary N) is 1. The Hall–Kier alpha value is -0.980. The number of fused-ring (bicyclic) bond motifs is 1. The number of carbonyl (C=O) groups excluding carboxylic acids is 2. The summed E-state index contributed by atoms with van der Waals surface area (Å²) < 4.78 is 0. The van der Waals surface area contributed by atoms with E-state index in [-0.39, 0.29) is 41.5 Å². The van der Waals surface area contributed by atoms with Gasteiger partial charge in [-0.3, -0.25) is 9.59 Å². The second-order valence-corrected chi connectivity index (χ2v) is 8.34. The number of nitrogens with zero attached hydrogens (tertiary/aromatic N) is 1. The minimum atomic E-state index is -0.0456. The van der Waals surface area contributed by atoms with E-state index < -0.39 is 0 Å². The molecule has 0 aromatic carbocycles. The van der Waals surface area contributed by atoms with Gasteiger partial charge in [0.1, 0.15) is 0 Å². The largest absolute Gasteiger partial charge is 0.327 e. The lowest BCUT2D eigenvalue weighted by Gasteiger charge is -2.26. The minimum Gasteiger partial charge on any atom is -0.327 e. The maximum absolute atomic E-state index is 12.2. The van der Waals surface area contributed by atoms with E-state index >= 15 is 0 Å². The number of Topliss-reactive ketones (excluding diaryl/α,β-unsaturated/α-hetero) is 1. The third kappa shape index (κ3) is 4.11. The number of halogens is 1. The van der Waals surface area contributed by atoms with Crippen LogP contribution in [0, 0.1) is 11.3 Å². The van der Waals surface area contributed by atoms with Crippen LogP contribution in [-0.4, -0.2) is 22.7 Å². The Morgan fingerprint density at radius 2 is 2.13 bits per heavy atom. The van der Waals surface area contributed by atoms with E-state index in [1.807, 2.05) is 0 Å². The van der Waals surface area contributed by atoms with Crippen LogP contribution in [-0.2, 0) is 11.2 Å². The predicted octanol–water partition coefficient (Wildman–Crippen LogP) is 3.18. The van der Waals surface area contributed by atoms with Gasteiger partial charge in [-0.1, -0.05) is 31.6 Å². The Labute approximate surface area is 146 Å². The second kappa shape index (κ2) is 6.87. The van der Waals surface area contributed by atoms with E-state index in [4.69, 9.17) is 5.73 Å². The van der Waals surface area contributed by atoms with Crippen molar-refractivity contribution in [1.29, 1.82) is 0 Å². The van der Waals surface area contributed by atoms with Crippen molar-refractivity contribution in [3.8, 4) is 0 Å². The van der Waals surface area contributed by atoms with E-state index in [0.29, 0.717) is 22.9 Å². The maximum Gasteiger partial charge on any atom is 0.226 e. The van der Waals surface area contributed by atoms with Crippen molar-refractivity contribution in [2.75, 3.05) is 5.32 Å². The summed E-state index contributed by atoms with van der Waals surface area (Å²) in [6, 6.07) is 0.137. The van der Waals surface area contributed by atoms with Crippen LogP contribution in [0.25, 0.3) is 0 Å². The van der Waals surface area contributed by atoms with Gasteiger partial charge in [-0.05, 0) is 30.6 Å². The normalized spacial score (nSPS) is 25.6. The molecule has 2 atom stereocenters. The molecular weight excluding hydrogens is 334 g/mol. The van der Waals surface area contributed by atoms with Crippen LogP contribution in [0.3, 0.4) is 0 Å². The highest BCUT2D eigenvalue weighted by Crippen LogP contribution is 2.38. The number of hydrogen-bond donors (Lipinski definition) is 2. The first-order chi connectivity index (χ1) is 10.3. The van der Waals surface area contributed by atoms with Crippen molar-refractivity contribution in [3.63, 3.8) is 0 Å². The maximum atomic E-state index is 12.2. The summed E-state index contributed by atoms with van der Waals surface area (Å²) in [6.07, 6.45) is 4.92. The molecule has 3 N–H and O–H groups in total. The molecule has 2 aliphatic rings. The van der Waals surface area contributed by atoms with Gasteiger partial charge in [-0.2, -0.15) is 0 Å². The molecule has 1 saturated carbocycles. The molecule has 1 aromatic heterocycles. The quantitative estimate of drug-likeness (QED) is 0.870. The second-order valence-electron chi connectivity index (χ2n) is 7.34. The molecule has 0 bridgehead atoms. The number of amides is 1. The summed E-state index contributed by atoms with van der Waals surface area (Å²) in [4.78, 5) is 29.5. The first kappa shape index (κ1) is 18.4. The van der Waals surface area contributed by atoms with Gasteiger partial charge in [0.25, 0.3) is 0 Å². The number of carbonyl (C=O) groups is 2. The molecule has 0 unspecified atom stereocenters. The van der Waals surface area contributed by atoms with Crippen molar-refractivity contribution < 1.29 is 9.59 Å². The van der Waals surface area contributed by atoms with Crippen LogP contribution in [0.5, 0.6) is 0 Å².